The second-order valence-corrected chi connectivity index (χ2v) is 6.79. The van der Waals surface area contributed by atoms with Gasteiger partial charge in [-0.2, -0.15) is 0 Å². The number of carbonyl (C=O) groups excluding carboxylic acids is 1. The van der Waals surface area contributed by atoms with Crippen LogP contribution in [-0.2, 0) is 11.3 Å². The van der Waals surface area contributed by atoms with Crippen molar-refractivity contribution in [2.75, 3.05) is 17.8 Å². The molecule has 2 aromatic rings. The van der Waals surface area contributed by atoms with Gasteiger partial charge >= 0.3 is 0 Å². The van der Waals surface area contributed by atoms with Crippen molar-refractivity contribution >= 4 is 23.4 Å². The Kier molecular flexibility index (Phi) is 5.18. The maximum atomic E-state index is 12.9. The lowest BCUT2D eigenvalue weighted by molar-refractivity contribution is -0.118. The van der Waals surface area contributed by atoms with Crippen LogP contribution in [0.4, 0.5) is 5.69 Å². The van der Waals surface area contributed by atoms with Crippen molar-refractivity contribution in [3.8, 4) is 5.75 Å². The van der Waals surface area contributed by atoms with Crippen LogP contribution in [0.25, 0.3) is 0 Å². The van der Waals surface area contributed by atoms with Crippen LogP contribution >= 0.6 is 11.8 Å². The molecule has 1 aromatic carbocycles. The number of thioether (sulfide) groups is 1. The average Bonchev–Trinajstić information content (AvgIpc) is 3.15. The molecule has 4 nitrogen and oxygen atoms in total. The van der Waals surface area contributed by atoms with Crippen LogP contribution in [-0.4, -0.2) is 29.0 Å². The largest absolute Gasteiger partial charge is 0.497 e. The first-order valence-electron chi connectivity index (χ1n) is 7.74. The minimum Gasteiger partial charge on any atom is -0.497 e. The molecule has 1 saturated heterocycles. The number of hydrogen-bond donors (Lipinski definition) is 0. The van der Waals surface area contributed by atoms with Crippen molar-refractivity contribution in [3.05, 3.63) is 54.4 Å². The van der Waals surface area contributed by atoms with E-state index in [0.717, 1.165) is 35.6 Å². The molecule has 0 spiro atoms. The Morgan fingerprint density at radius 1 is 1.26 bits per heavy atom. The van der Waals surface area contributed by atoms with Crippen molar-refractivity contribution in [1.29, 1.82) is 0 Å². The number of anilines is 1. The zero-order chi connectivity index (χ0) is 16.1. The molecule has 3 rings (SSSR count). The highest BCUT2D eigenvalue weighted by Crippen LogP contribution is 2.30. The molecule has 2 heterocycles. The van der Waals surface area contributed by atoms with E-state index in [2.05, 4.69) is 4.98 Å². The Hall–Kier alpha value is -2.01. The highest BCUT2D eigenvalue weighted by molar-refractivity contribution is 8.00. The second kappa shape index (κ2) is 7.51. The van der Waals surface area contributed by atoms with Crippen molar-refractivity contribution in [3.63, 3.8) is 0 Å². The van der Waals surface area contributed by atoms with Gasteiger partial charge in [-0.15, -0.1) is 11.8 Å². The number of carbonyl (C=O) groups is 1. The number of hydrogen-bond acceptors (Lipinski definition) is 4. The van der Waals surface area contributed by atoms with Crippen LogP contribution < -0.4 is 9.64 Å². The van der Waals surface area contributed by atoms with Gasteiger partial charge in [-0.05, 0) is 48.4 Å². The Morgan fingerprint density at radius 2 is 2.00 bits per heavy atom. The average molecular weight is 328 g/mol. The molecule has 0 N–H and O–H groups in total. The van der Waals surface area contributed by atoms with Crippen LogP contribution in [0, 0.1) is 0 Å². The Bertz CT molecular complexity index is 640. The number of ether oxygens (including phenoxy) is 1. The first-order valence-corrected chi connectivity index (χ1v) is 8.79. The number of amides is 1. The number of aromatic nitrogens is 1. The van der Waals surface area contributed by atoms with Gasteiger partial charge in [0.15, 0.2) is 0 Å². The van der Waals surface area contributed by atoms with E-state index in [0.29, 0.717) is 6.54 Å². The number of nitrogens with zero attached hydrogens (tertiary/aromatic N) is 2. The molecular weight excluding hydrogens is 308 g/mol. The van der Waals surface area contributed by atoms with Gasteiger partial charge < -0.3 is 9.64 Å². The maximum absolute atomic E-state index is 12.9. The van der Waals surface area contributed by atoms with Gasteiger partial charge in [-0.1, -0.05) is 12.1 Å². The summed E-state index contributed by atoms with van der Waals surface area (Å²) in [6.07, 6.45) is 5.54. The monoisotopic (exact) mass is 328 g/mol. The predicted octanol–water partition coefficient (Wildman–Crippen LogP) is 3.52. The molecule has 23 heavy (non-hydrogen) atoms. The molecule has 0 unspecified atom stereocenters. The van der Waals surface area contributed by atoms with E-state index in [9.17, 15) is 4.79 Å². The summed E-state index contributed by atoms with van der Waals surface area (Å²) in [6.45, 7) is 0.559. The Balaban J connectivity index is 1.83. The fraction of sp³-hybridized carbons (Fsp3) is 0.333. The SMILES string of the molecule is COc1ccc(CN(C(=O)[C@H]2CCCS2)c2ccncc2)cc1. The van der Waals surface area contributed by atoms with E-state index in [-0.39, 0.29) is 11.2 Å². The lowest BCUT2D eigenvalue weighted by Crippen LogP contribution is -2.36. The normalized spacial score (nSPS) is 17.0. The summed E-state index contributed by atoms with van der Waals surface area (Å²) < 4.78 is 5.20. The minimum absolute atomic E-state index is 0.0708. The maximum Gasteiger partial charge on any atom is 0.240 e. The van der Waals surface area contributed by atoms with E-state index in [1.165, 1.54) is 0 Å². The minimum atomic E-state index is 0.0708. The molecule has 1 amide bonds. The lowest BCUT2D eigenvalue weighted by atomic mass is 10.1. The second-order valence-electron chi connectivity index (χ2n) is 5.48. The van der Waals surface area contributed by atoms with Gasteiger partial charge in [0.2, 0.25) is 5.91 Å². The number of benzene rings is 1. The van der Waals surface area contributed by atoms with E-state index in [1.807, 2.05) is 41.3 Å². The van der Waals surface area contributed by atoms with Crippen molar-refractivity contribution < 1.29 is 9.53 Å². The molecule has 120 valence electrons. The smallest absolute Gasteiger partial charge is 0.240 e. The molecular formula is C18H20N2O2S. The number of pyridine rings is 1. The van der Waals surface area contributed by atoms with Gasteiger partial charge in [-0.25, -0.2) is 0 Å². The summed E-state index contributed by atoms with van der Waals surface area (Å²) >= 11 is 1.76. The number of rotatable bonds is 5. The predicted molar refractivity (Wildman–Crippen MR) is 93.9 cm³/mol. The van der Waals surface area contributed by atoms with Gasteiger partial charge in [-0.3, -0.25) is 9.78 Å². The molecule has 1 aromatic heterocycles. The molecule has 0 saturated carbocycles. The molecule has 1 atom stereocenters. The molecule has 0 radical (unpaired) electrons. The molecule has 0 bridgehead atoms. The lowest BCUT2D eigenvalue weighted by Gasteiger charge is -2.25. The van der Waals surface area contributed by atoms with Gasteiger partial charge in [0.05, 0.1) is 18.9 Å². The van der Waals surface area contributed by atoms with Crippen LogP contribution in [0.1, 0.15) is 18.4 Å². The molecule has 1 aliphatic rings. The fourth-order valence-corrected chi connectivity index (χ4v) is 3.90. The van der Waals surface area contributed by atoms with Crippen LogP contribution in [0.15, 0.2) is 48.8 Å². The molecule has 0 aliphatic carbocycles. The van der Waals surface area contributed by atoms with E-state index < -0.39 is 0 Å². The topological polar surface area (TPSA) is 42.4 Å². The van der Waals surface area contributed by atoms with Gasteiger partial charge in [0.1, 0.15) is 5.75 Å². The van der Waals surface area contributed by atoms with Gasteiger partial charge in [0.25, 0.3) is 0 Å². The highest BCUT2D eigenvalue weighted by Gasteiger charge is 2.28. The summed E-state index contributed by atoms with van der Waals surface area (Å²) in [4.78, 5) is 18.9. The highest BCUT2D eigenvalue weighted by atomic mass is 32.2. The van der Waals surface area contributed by atoms with E-state index in [4.69, 9.17) is 4.74 Å². The quantitative estimate of drug-likeness (QED) is 0.842. The third-order valence-electron chi connectivity index (χ3n) is 3.95. The van der Waals surface area contributed by atoms with Crippen molar-refractivity contribution in [1.82, 2.24) is 4.98 Å². The first kappa shape index (κ1) is 15.9. The summed E-state index contributed by atoms with van der Waals surface area (Å²) in [7, 11) is 1.65. The molecule has 5 heteroatoms. The van der Waals surface area contributed by atoms with E-state index in [1.54, 1.807) is 31.3 Å². The first-order chi connectivity index (χ1) is 11.3. The van der Waals surface area contributed by atoms with Crippen molar-refractivity contribution in [2.45, 2.75) is 24.6 Å². The third kappa shape index (κ3) is 3.85. The Morgan fingerprint density at radius 3 is 2.61 bits per heavy atom. The summed E-state index contributed by atoms with van der Waals surface area (Å²) in [6, 6.07) is 11.6. The standard InChI is InChI=1S/C18H20N2O2S/c1-22-16-6-4-14(5-7-16)13-20(15-8-10-19-11-9-15)18(21)17-3-2-12-23-17/h4-11,17H,2-3,12-13H2,1H3/t17-/m1/s1. The Labute approximate surface area is 140 Å². The van der Waals surface area contributed by atoms with Crippen LogP contribution in [0.5, 0.6) is 5.75 Å². The summed E-state index contributed by atoms with van der Waals surface area (Å²) in [5, 5.41) is 0.0708. The third-order valence-corrected chi connectivity index (χ3v) is 5.31. The summed E-state index contributed by atoms with van der Waals surface area (Å²) in [5.74, 6) is 2.08. The van der Waals surface area contributed by atoms with Crippen LogP contribution in [0.3, 0.4) is 0 Å². The molecule has 1 fully saturated rings. The van der Waals surface area contributed by atoms with E-state index >= 15 is 0 Å². The van der Waals surface area contributed by atoms with Gasteiger partial charge in [0, 0.05) is 18.1 Å². The van der Waals surface area contributed by atoms with Crippen LogP contribution in [0.2, 0.25) is 0 Å². The zero-order valence-corrected chi connectivity index (χ0v) is 14.0. The number of methoxy groups -OCH3 is 1. The molecule has 1 aliphatic heterocycles. The zero-order valence-electron chi connectivity index (χ0n) is 13.1. The van der Waals surface area contributed by atoms with Crippen molar-refractivity contribution in [2.24, 2.45) is 0 Å². The fourth-order valence-electron chi connectivity index (χ4n) is 2.68. The summed E-state index contributed by atoms with van der Waals surface area (Å²) in [5.41, 5.74) is 1.98.